The molecule has 0 heterocycles. The highest BCUT2D eigenvalue weighted by molar-refractivity contribution is 5.77. The number of hydrogen-bond acceptors (Lipinski definition) is 4. The molecule has 5 nitrogen and oxygen atoms in total. The van der Waals surface area contributed by atoms with Crippen LogP contribution >= 0.6 is 0 Å². The van der Waals surface area contributed by atoms with E-state index >= 15 is 0 Å². The molecular weight excluding hydrogens is 186 g/mol. The molecule has 0 aliphatic rings. The summed E-state index contributed by atoms with van der Waals surface area (Å²) in [5.74, 6) is -1.37. The lowest BCUT2D eigenvalue weighted by Gasteiger charge is -2.18. The molecule has 0 amide bonds. The van der Waals surface area contributed by atoms with Crippen molar-refractivity contribution in [3.05, 3.63) is 0 Å². The summed E-state index contributed by atoms with van der Waals surface area (Å²) in [4.78, 5) is 21.5. The van der Waals surface area contributed by atoms with E-state index in [1.807, 2.05) is 0 Å². The normalized spacial score (nSPS) is 14.5. The Hall–Kier alpha value is -1.10. The SMILES string of the molecule is CCOC(=O)CCCC(C)(N)C(=O)O. The van der Waals surface area contributed by atoms with Crippen LogP contribution in [-0.4, -0.2) is 29.2 Å². The number of hydrogen-bond donors (Lipinski definition) is 2. The quantitative estimate of drug-likeness (QED) is 0.614. The molecule has 0 aliphatic heterocycles. The first-order valence-corrected chi connectivity index (χ1v) is 4.58. The smallest absolute Gasteiger partial charge is 0.323 e. The molecule has 0 aromatic heterocycles. The van der Waals surface area contributed by atoms with Gasteiger partial charge in [0.2, 0.25) is 0 Å². The molecule has 0 spiro atoms. The summed E-state index contributed by atoms with van der Waals surface area (Å²) in [6, 6.07) is 0. The van der Waals surface area contributed by atoms with Crippen LogP contribution in [0.2, 0.25) is 0 Å². The molecule has 1 atom stereocenters. The van der Waals surface area contributed by atoms with Crippen LogP contribution < -0.4 is 5.73 Å². The fourth-order valence-electron chi connectivity index (χ4n) is 0.940. The van der Waals surface area contributed by atoms with Crippen molar-refractivity contribution in [1.82, 2.24) is 0 Å². The van der Waals surface area contributed by atoms with Crippen molar-refractivity contribution >= 4 is 11.9 Å². The van der Waals surface area contributed by atoms with E-state index in [-0.39, 0.29) is 18.8 Å². The number of carboxylic acid groups (broad SMARTS) is 1. The highest BCUT2D eigenvalue weighted by Crippen LogP contribution is 2.11. The predicted molar refractivity (Wildman–Crippen MR) is 50.7 cm³/mol. The minimum Gasteiger partial charge on any atom is -0.480 e. The number of esters is 1. The zero-order chi connectivity index (χ0) is 11.2. The molecule has 0 fully saturated rings. The lowest BCUT2D eigenvalue weighted by atomic mass is 9.96. The van der Waals surface area contributed by atoms with Gasteiger partial charge in [-0.3, -0.25) is 9.59 Å². The third-order valence-electron chi connectivity index (χ3n) is 1.87. The second kappa shape index (κ2) is 5.59. The Kier molecular flexibility index (Phi) is 5.15. The van der Waals surface area contributed by atoms with E-state index in [9.17, 15) is 9.59 Å². The van der Waals surface area contributed by atoms with Gasteiger partial charge in [0, 0.05) is 6.42 Å². The first-order valence-electron chi connectivity index (χ1n) is 4.58. The second-order valence-electron chi connectivity index (χ2n) is 3.38. The van der Waals surface area contributed by atoms with E-state index < -0.39 is 11.5 Å². The lowest BCUT2D eigenvalue weighted by molar-refractivity contribution is -0.145. The highest BCUT2D eigenvalue weighted by Gasteiger charge is 2.27. The van der Waals surface area contributed by atoms with Crippen molar-refractivity contribution < 1.29 is 19.4 Å². The fraction of sp³-hybridized carbons (Fsp3) is 0.778. The van der Waals surface area contributed by atoms with Crippen LogP contribution in [0.4, 0.5) is 0 Å². The van der Waals surface area contributed by atoms with Crippen LogP contribution in [0.5, 0.6) is 0 Å². The number of ether oxygens (including phenoxy) is 1. The topological polar surface area (TPSA) is 89.6 Å². The van der Waals surface area contributed by atoms with E-state index in [1.54, 1.807) is 6.92 Å². The average molecular weight is 203 g/mol. The number of carbonyl (C=O) groups excluding carboxylic acids is 1. The van der Waals surface area contributed by atoms with Crippen LogP contribution in [0.15, 0.2) is 0 Å². The average Bonchev–Trinajstić information content (AvgIpc) is 2.04. The largest absolute Gasteiger partial charge is 0.480 e. The van der Waals surface area contributed by atoms with Crippen molar-refractivity contribution in [1.29, 1.82) is 0 Å². The monoisotopic (exact) mass is 203 g/mol. The Morgan fingerprint density at radius 1 is 1.50 bits per heavy atom. The van der Waals surface area contributed by atoms with Crippen LogP contribution in [-0.2, 0) is 14.3 Å². The predicted octanol–water partition coefficient (Wildman–Crippen LogP) is 0.522. The number of aliphatic carboxylic acids is 1. The van der Waals surface area contributed by atoms with E-state index in [2.05, 4.69) is 4.74 Å². The van der Waals surface area contributed by atoms with E-state index in [1.165, 1.54) is 6.92 Å². The van der Waals surface area contributed by atoms with Gasteiger partial charge in [0.25, 0.3) is 0 Å². The molecule has 0 aromatic rings. The third-order valence-corrected chi connectivity index (χ3v) is 1.87. The molecule has 0 saturated carbocycles. The van der Waals surface area contributed by atoms with Crippen LogP contribution in [0.3, 0.4) is 0 Å². The molecule has 0 rings (SSSR count). The van der Waals surface area contributed by atoms with Gasteiger partial charge in [-0.25, -0.2) is 0 Å². The van der Waals surface area contributed by atoms with E-state index in [4.69, 9.17) is 10.8 Å². The van der Waals surface area contributed by atoms with Crippen LogP contribution in [0.25, 0.3) is 0 Å². The molecule has 82 valence electrons. The van der Waals surface area contributed by atoms with Crippen molar-refractivity contribution in [2.24, 2.45) is 5.73 Å². The fourth-order valence-corrected chi connectivity index (χ4v) is 0.940. The Morgan fingerprint density at radius 3 is 2.50 bits per heavy atom. The molecule has 3 N–H and O–H groups in total. The molecule has 0 aromatic carbocycles. The Balaban J connectivity index is 3.74. The molecule has 0 saturated heterocycles. The first kappa shape index (κ1) is 12.9. The van der Waals surface area contributed by atoms with E-state index in [0.29, 0.717) is 13.0 Å². The van der Waals surface area contributed by atoms with Crippen molar-refractivity contribution in [3.63, 3.8) is 0 Å². The molecule has 0 bridgehead atoms. The van der Waals surface area contributed by atoms with Gasteiger partial charge < -0.3 is 15.6 Å². The second-order valence-corrected chi connectivity index (χ2v) is 3.38. The summed E-state index contributed by atoms with van der Waals surface area (Å²) in [6.45, 7) is 3.50. The van der Waals surface area contributed by atoms with Crippen molar-refractivity contribution in [3.8, 4) is 0 Å². The molecule has 5 heteroatoms. The molecule has 14 heavy (non-hydrogen) atoms. The molecule has 0 radical (unpaired) electrons. The molecule has 0 aliphatic carbocycles. The number of carboxylic acids is 1. The van der Waals surface area contributed by atoms with Crippen LogP contribution in [0, 0.1) is 0 Å². The maximum absolute atomic E-state index is 10.9. The number of rotatable bonds is 6. The summed E-state index contributed by atoms with van der Waals surface area (Å²) in [5, 5.41) is 8.67. The number of nitrogens with two attached hydrogens (primary N) is 1. The van der Waals surface area contributed by atoms with Crippen molar-refractivity contribution in [2.75, 3.05) is 6.61 Å². The lowest BCUT2D eigenvalue weighted by Crippen LogP contribution is -2.44. The van der Waals surface area contributed by atoms with Gasteiger partial charge in [0.15, 0.2) is 0 Å². The van der Waals surface area contributed by atoms with Gasteiger partial charge in [0.05, 0.1) is 6.61 Å². The Labute approximate surface area is 83.2 Å². The Bertz CT molecular complexity index is 213. The summed E-state index contributed by atoms with van der Waals surface area (Å²) in [6.07, 6.45) is 0.910. The van der Waals surface area contributed by atoms with Gasteiger partial charge in [-0.1, -0.05) is 0 Å². The summed E-state index contributed by atoms with van der Waals surface area (Å²) >= 11 is 0. The van der Waals surface area contributed by atoms with Crippen LogP contribution in [0.1, 0.15) is 33.1 Å². The third kappa shape index (κ3) is 4.81. The van der Waals surface area contributed by atoms with E-state index in [0.717, 1.165) is 0 Å². The van der Waals surface area contributed by atoms with Gasteiger partial charge in [-0.2, -0.15) is 0 Å². The highest BCUT2D eigenvalue weighted by atomic mass is 16.5. The Morgan fingerprint density at radius 2 is 2.07 bits per heavy atom. The maximum Gasteiger partial charge on any atom is 0.323 e. The minimum absolute atomic E-state index is 0.216. The standard InChI is InChI=1S/C9H17NO4/c1-3-14-7(11)5-4-6-9(2,10)8(12)13/h3-6,10H2,1-2H3,(H,12,13). The van der Waals surface area contributed by atoms with Gasteiger partial charge >= 0.3 is 11.9 Å². The summed E-state index contributed by atoms with van der Waals surface area (Å²) < 4.78 is 4.69. The number of carbonyl (C=O) groups is 2. The maximum atomic E-state index is 10.9. The van der Waals surface area contributed by atoms with Gasteiger partial charge in [0.1, 0.15) is 5.54 Å². The minimum atomic E-state index is -1.26. The van der Waals surface area contributed by atoms with Crippen molar-refractivity contribution in [2.45, 2.75) is 38.6 Å². The van der Waals surface area contributed by atoms with Gasteiger partial charge in [-0.05, 0) is 26.7 Å². The molecular formula is C9H17NO4. The molecule has 1 unspecified atom stereocenters. The zero-order valence-electron chi connectivity index (χ0n) is 8.58. The summed E-state index contributed by atoms with van der Waals surface area (Å²) in [5.41, 5.74) is 4.21. The summed E-state index contributed by atoms with van der Waals surface area (Å²) in [7, 11) is 0. The zero-order valence-corrected chi connectivity index (χ0v) is 8.58. The van der Waals surface area contributed by atoms with Gasteiger partial charge in [-0.15, -0.1) is 0 Å². The first-order chi connectivity index (χ1) is 6.40.